The molecule has 0 fully saturated rings. The summed E-state index contributed by atoms with van der Waals surface area (Å²) in [6, 6.07) is 3.43. The number of nitrogens with one attached hydrogen (secondary N) is 2. The van der Waals surface area contributed by atoms with Gasteiger partial charge in [0.15, 0.2) is 0 Å². The highest BCUT2D eigenvalue weighted by atomic mass is 79.9. The smallest absolute Gasteiger partial charge is 0.321 e. The minimum Gasteiger partial charge on any atom is -0.337 e. The number of hydrogen-bond acceptors (Lipinski definition) is 3. The number of alkyl halides is 1. The van der Waals surface area contributed by atoms with Gasteiger partial charge in [-0.05, 0) is 41.4 Å². The highest BCUT2D eigenvalue weighted by molar-refractivity contribution is 9.11. The Morgan fingerprint density at radius 1 is 1.53 bits per heavy atom. The lowest BCUT2D eigenvalue weighted by Crippen LogP contribution is -2.42. The number of carbonyl (C=O) groups is 2. The summed E-state index contributed by atoms with van der Waals surface area (Å²) in [6.45, 7) is 1.98. The van der Waals surface area contributed by atoms with Crippen LogP contribution in [0, 0.1) is 0 Å². The molecular formula is C10H12BrClN2O2S. The number of halogens is 2. The third kappa shape index (κ3) is 5.52. The van der Waals surface area contributed by atoms with Crippen molar-refractivity contribution in [3.05, 3.63) is 20.8 Å². The highest BCUT2D eigenvalue weighted by Crippen LogP contribution is 2.21. The maximum Gasteiger partial charge on any atom is 0.321 e. The van der Waals surface area contributed by atoms with Gasteiger partial charge in [0, 0.05) is 11.4 Å². The summed E-state index contributed by atoms with van der Waals surface area (Å²) in [6.07, 6.45) is 0.730. The summed E-state index contributed by atoms with van der Waals surface area (Å²) < 4.78 is 1.06. The molecule has 4 nitrogen and oxygen atoms in total. The van der Waals surface area contributed by atoms with Crippen molar-refractivity contribution < 1.29 is 9.59 Å². The Hall–Kier alpha value is -0.590. The average Bonchev–Trinajstić information content (AvgIpc) is 2.64. The molecule has 1 heterocycles. The molecule has 1 aromatic rings. The van der Waals surface area contributed by atoms with Gasteiger partial charge in [-0.1, -0.05) is 0 Å². The van der Waals surface area contributed by atoms with E-state index in [2.05, 4.69) is 26.6 Å². The number of urea groups is 1. The number of amides is 3. The van der Waals surface area contributed by atoms with Gasteiger partial charge in [-0.25, -0.2) is 4.79 Å². The van der Waals surface area contributed by atoms with Crippen molar-refractivity contribution in [2.24, 2.45) is 0 Å². The predicted molar refractivity (Wildman–Crippen MR) is 72.6 cm³/mol. The molecule has 0 aliphatic carbocycles. The standard InChI is InChI=1S/C10H12BrClN2O2S/c1-6(12)9(15)14-10(16)13-5-4-7-2-3-8(11)17-7/h2-3,6H,4-5H2,1H3,(H2,13,14,15,16). The lowest BCUT2D eigenvalue weighted by atomic mass is 10.3. The summed E-state index contributed by atoms with van der Waals surface area (Å²) in [5, 5.41) is 4.02. The first-order valence-electron chi connectivity index (χ1n) is 4.96. The first-order chi connectivity index (χ1) is 7.99. The lowest BCUT2D eigenvalue weighted by molar-refractivity contribution is -0.119. The van der Waals surface area contributed by atoms with E-state index in [0.29, 0.717) is 6.54 Å². The monoisotopic (exact) mass is 338 g/mol. The van der Waals surface area contributed by atoms with Crippen LogP contribution in [0.25, 0.3) is 0 Å². The van der Waals surface area contributed by atoms with Gasteiger partial charge in [0.25, 0.3) is 0 Å². The molecule has 94 valence electrons. The molecule has 17 heavy (non-hydrogen) atoms. The summed E-state index contributed by atoms with van der Waals surface area (Å²) in [5.74, 6) is -0.497. The Morgan fingerprint density at radius 3 is 2.76 bits per heavy atom. The Labute approximate surface area is 117 Å². The van der Waals surface area contributed by atoms with Crippen LogP contribution in [0.2, 0.25) is 0 Å². The van der Waals surface area contributed by atoms with Gasteiger partial charge in [0.1, 0.15) is 5.38 Å². The van der Waals surface area contributed by atoms with Crippen molar-refractivity contribution in [1.29, 1.82) is 0 Å². The third-order valence-corrected chi connectivity index (χ3v) is 3.77. The van der Waals surface area contributed by atoms with Crippen LogP contribution in [0.3, 0.4) is 0 Å². The highest BCUT2D eigenvalue weighted by Gasteiger charge is 2.12. The molecule has 0 saturated carbocycles. The van der Waals surface area contributed by atoms with E-state index in [9.17, 15) is 9.59 Å². The van der Waals surface area contributed by atoms with Crippen LogP contribution in [0.4, 0.5) is 4.79 Å². The molecule has 0 radical (unpaired) electrons. The van der Waals surface area contributed by atoms with Crippen molar-refractivity contribution in [2.45, 2.75) is 18.7 Å². The van der Waals surface area contributed by atoms with Crippen LogP contribution in [-0.2, 0) is 11.2 Å². The van der Waals surface area contributed by atoms with Gasteiger partial charge in [-0.2, -0.15) is 0 Å². The van der Waals surface area contributed by atoms with Gasteiger partial charge < -0.3 is 5.32 Å². The number of carbonyl (C=O) groups excluding carboxylic acids is 2. The maximum atomic E-state index is 11.2. The van der Waals surface area contributed by atoms with Crippen LogP contribution in [0.1, 0.15) is 11.8 Å². The van der Waals surface area contributed by atoms with E-state index in [1.807, 2.05) is 12.1 Å². The van der Waals surface area contributed by atoms with E-state index in [-0.39, 0.29) is 0 Å². The van der Waals surface area contributed by atoms with Gasteiger partial charge in [-0.15, -0.1) is 22.9 Å². The zero-order valence-corrected chi connectivity index (χ0v) is 12.3. The Morgan fingerprint density at radius 2 is 2.24 bits per heavy atom. The Balaban J connectivity index is 2.23. The van der Waals surface area contributed by atoms with Crippen molar-refractivity contribution in [3.8, 4) is 0 Å². The van der Waals surface area contributed by atoms with Crippen molar-refractivity contribution >= 4 is 50.8 Å². The van der Waals surface area contributed by atoms with Crippen molar-refractivity contribution in [2.75, 3.05) is 6.54 Å². The molecule has 1 aromatic heterocycles. The largest absolute Gasteiger partial charge is 0.337 e. The fourth-order valence-corrected chi connectivity index (χ4v) is 2.58. The molecule has 3 amide bonds. The van der Waals surface area contributed by atoms with Crippen LogP contribution in [0.5, 0.6) is 0 Å². The van der Waals surface area contributed by atoms with Crippen LogP contribution in [0.15, 0.2) is 15.9 Å². The summed E-state index contributed by atoms with van der Waals surface area (Å²) in [5.41, 5.74) is 0. The topological polar surface area (TPSA) is 58.2 Å². The molecule has 0 bridgehead atoms. The van der Waals surface area contributed by atoms with E-state index in [1.54, 1.807) is 11.3 Å². The maximum absolute atomic E-state index is 11.2. The molecule has 1 rings (SSSR count). The molecular weight excluding hydrogens is 328 g/mol. The summed E-state index contributed by atoms with van der Waals surface area (Å²) in [7, 11) is 0. The molecule has 0 saturated heterocycles. The number of imide groups is 1. The van der Waals surface area contributed by atoms with Crippen molar-refractivity contribution in [1.82, 2.24) is 10.6 Å². The van der Waals surface area contributed by atoms with Crippen molar-refractivity contribution in [3.63, 3.8) is 0 Å². The second-order valence-electron chi connectivity index (χ2n) is 3.32. The first kappa shape index (κ1) is 14.5. The molecule has 2 N–H and O–H groups in total. The SMILES string of the molecule is CC(Cl)C(=O)NC(=O)NCCc1ccc(Br)s1. The zero-order valence-electron chi connectivity index (χ0n) is 9.13. The van der Waals surface area contributed by atoms with E-state index in [4.69, 9.17) is 11.6 Å². The van der Waals surface area contributed by atoms with E-state index in [0.717, 1.165) is 15.1 Å². The van der Waals surface area contributed by atoms with Crippen LogP contribution >= 0.6 is 38.9 Å². The zero-order chi connectivity index (χ0) is 12.8. The minimum atomic E-state index is -0.714. The molecule has 7 heteroatoms. The van der Waals surface area contributed by atoms with Crippen LogP contribution < -0.4 is 10.6 Å². The molecule has 0 aromatic carbocycles. The first-order valence-corrected chi connectivity index (χ1v) is 7.00. The van der Waals surface area contributed by atoms with Gasteiger partial charge in [0.05, 0.1) is 3.79 Å². The van der Waals surface area contributed by atoms with Gasteiger partial charge in [-0.3, -0.25) is 10.1 Å². The van der Waals surface area contributed by atoms with E-state index < -0.39 is 17.3 Å². The predicted octanol–water partition coefficient (Wildman–Crippen LogP) is 2.51. The van der Waals surface area contributed by atoms with Crippen LogP contribution in [-0.4, -0.2) is 23.9 Å². The molecule has 1 atom stereocenters. The number of thiophene rings is 1. The van der Waals surface area contributed by atoms with Gasteiger partial charge in [0.2, 0.25) is 5.91 Å². The second-order valence-corrected chi connectivity index (χ2v) is 6.52. The fraction of sp³-hybridized carbons (Fsp3) is 0.400. The normalized spacial score (nSPS) is 11.9. The quantitative estimate of drug-likeness (QED) is 0.828. The summed E-state index contributed by atoms with van der Waals surface area (Å²) >= 11 is 10.5. The molecule has 0 aliphatic heterocycles. The number of hydrogen-bond donors (Lipinski definition) is 2. The van der Waals surface area contributed by atoms with E-state index in [1.165, 1.54) is 6.92 Å². The Kier molecular flexibility index (Phi) is 5.94. The second kappa shape index (κ2) is 6.98. The molecule has 0 aliphatic rings. The molecule has 0 spiro atoms. The fourth-order valence-electron chi connectivity index (χ4n) is 1.04. The van der Waals surface area contributed by atoms with E-state index >= 15 is 0 Å². The Bertz CT molecular complexity index is 409. The third-order valence-electron chi connectivity index (χ3n) is 1.88. The minimum absolute atomic E-state index is 0.475. The van der Waals surface area contributed by atoms with Gasteiger partial charge >= 0.3 is 6.03 Å². The number of rotatable bonds is 4. The average molecular weight is 340 g/mol. The lowest BCUT2D eigenvalue weighted by Gasteiger charge is -2.06. The summed E-state index contributed by atoms with van der Waals surface area (Å²) in [4.78, 5) is 23.5. The molecule has 1 unspecified atom stereocenters.